The monoisotopic (exact) mass is 246 g/mol. The molecule has 0 bridgehead atoms. The number of hydrogen-bond acceptors (Lipinski definition) is 6. The Labute approximate surface area is 102 Å². The van der Waals surface area contributed by atoms with Crippen LogP contribution in [-0.2, 0) is 0 Å². The number of aromatic carboxylic acids is 1. The van der Waals surface area contributed by atoms with Crippen molar-refractivity contribution in [2.24, 2.45) is 0 Å². The highest BCUT2D eigenvalue weighted by Gasteiger charge is 2.14. The van der Waals surface area contributed by atoms with E-state index >= 15 is 0 Å². The van der Waals surface area contributed by atoms with Crippen molar-refractivity contribution in [2.45, 2.75) is 13.8 Å². The maximum absolute atomic E-state index is 10.9. The van der Waals surface area contributed by atoms with Crippen LogP contribution in [0.15, 0.2) is 18.3 Å². The Bertz CT molecular complexity index is 601. The van der Waals surface area contributed by atoms with Gasteiger partial charge in [0.05, 0.1) is 11.4 Å². The minimum Gasteiger partial charge on any atom is -0.476 e. The molecule has 2 aromatic rings. The number of aryl methyl sites for hydroxylation is 2. The Kier molecular flexibility index (Phi) is 3.13. The van der Waals surface area contributed by atoms with Crippen LogP contribution < -0.4 is 4.74 Å². The van der Waals surface area contributed by atoms with Crippen LogP contribution in [0.2, 0.25) is 0 Å². The zero-order valence-corrected chi connectivity index (χ0v) is 9.78. The van der Waals surface area contributed by atoms with Gasteiger partial charge in [0.25, 0.3) is 0 Å². The van der Waals surface area contributed by atoms with E-state index in [2.05, 4.69) is 20.2 Å². The lowest BCUT2D eigenvalue weighted by molar-refractivity contribution is 0.0687. The second kappa shape index (κ2) is 4.74. The highest BCUT2D eigenvalue weighted by molar-refractivity contribution is 5.88. The van der Waals surface area contributed by atoms with Gasteiger partial charge in [-0.25, -0.2) is 9.78 Å². The van der Waals surface area contributed by atoms with Crippen LogP contribution in [0.5, 0.6) is 11.8 Å². The molecule has 7 nitrogen and oxygen atoms in total. The Morgan fingerprint density at radius 3 is 2.72 bits per heavy atom. The molecule has 0 fully saturated rings. The first-order valence-electron chi connectivity index (χ1n) is 5.12. The molecule has 0 aliphatic heterocycles. The Morgan fingerprint density at radius 2 is 2.06 bits per heavy atom. The standard InChI is InChI=1S/C11H10N4O3/c1-6-7(2)14-15-11(13-6)18-8-4-3-5-12-9(8)10(16)17/h3-5H,1-2H3,(H,16,17). The zero-order valence-electron chi connectivity index (χ0n) is 9.78. The number of carboxylic acids is 1. The van der Waals surface area contributed by atoms with Gasteiger partial charge in [-0.15, -0.1) is 5.10 Å². The first-order chi connectivity index (χ1) is 8.58. The number of rotatable bonds is 3. The van der Waals surface area contributed by atoms with E-state index in [-0.39, 0.29) is 17.5 Å². The van der Waals surface area contributed by atoms with Gasteiger partial charge in [0.1, 0.15) is 0 Å². The van der Waals surface area contributed by atoms with Crippen molar-refractivity contribution >= 4 is 5.97 Å². The van der Waals surface area contributed by atoms with Crippen LogP contribution in [0.3, 0.4) is 0 Å². The van der Waals surface area contributed by atoms with Gasteiger partial charge in [-0.1, -0.05) is 5.10 Å². The highest BCUT2D eigenvalue weighted by atomic mass is 16.5. The number of pyridine rings is 1. The van der Waals surface area contributed by atoms with Crippen LogP contribution in [0.4, 0.5) is 0 Å². The highest BCUT2D eigenvalue weighted by Crippen LogP contribution is 2.20. The van der Waals surface area contributed by atoms with Crippen molar-refractivity contribution in [1.82, 2.24) is 20.2 Å². The molecule has 0 aliphatic rings. The molecule has 1 N–H and O–H groups in total. The number of carboxylic acid groups (broad SMARTS) is 1. The minimum atomic E-state index is -1.18. The van der Waals surface area contributed by atoms with Crippen LogP contribution in [0.1, 0.15) is 21.9 Å². The third-order valence-electron chi connectivity index (χ3n) is 2.25. The number of aromatic nitrogens is 4. The van der Waals surface area contributed by atoms with Crippen molar-refractivity contribution in [3.63, 3.8) is 0 Å². The van der Waals surface area contributed by atoms with E-state index in [0.717, 1.165) is 0 Å². The first-order valence-corrected chi connectivity index (χ1v) is 5.12. The van der Waals surface area contributed by atoms with Crippen molar-refractivity contribution in [3.05, 3.63) is 35.4 Å². The van der Waals surface area contributed by atoms with Gasteiger partial charge in [0.15, 0.2) is 11.4 Å². The lowest BCUT2D eigenvalue weighted by Gasteiger charge is -2.06. The second-order valence-electron chi connectivity index (χ2n) is 3.52. The number of ether oxygens (including phenoxy) is 1. The average Bonchev–Trinajstić information content (AvgIpc) is 2.34. The third-order valence-corrected chi connectivity index (χ3v) is 2.25. The van der Waals surface area contributed by atoms with E-state index in [9.17, 15) is 4.79 Å². The topological polar surface area (TPSA) is 98.1 Å². The molecular weight excluding hydrogens is 236 g/mol. The molecule has 2 rings (SSSR count). The molecule has 0 spiro atoms. The fourth-order valence-electron chi connectivity index (χ4n) is 1.21. The summed E-state index contributed by atoms with van der Waals surface area (Å²) in [6.45, 7) is 3.53. The molecule has 0 saturated carbocycles. The molecule has 0 amide bonds. The summed E-state index contributed by atoms with van der Waals surface area (Å²) >= 11 is 0. The summed E-state index contributed by atoms with van der Waals surface area (Å²) in [4.78, 5) is 18.7. The van der Waals surface area contributed by atoms with Gasteiger partial charge in [-0.2, -0.15) is 4.98 Å². The molecule has 0 unspecified atom stereocenters. The van der Waals surface area contributed by atoms with Crippen molar-refractivity contribution in [3.8, 4) is 11.8 Å². The molecule has 7 heteroatoms. The van der Waals surface area contributed by atoms with E-state index in [0.29, 0.717) is 11.4 Å². The van der Waals surface area contributed by atoms with Crippen molar-refractivity contribution < 1.29 is 14.6 Å². The van der Waals surface area contributed by atoms with Gasteiger partial charge in [-0.05, 0) is 26.0 Å². The van der Waals surface area contributed by atoms with Crippen molar-refractivity contribution in [2.75, 3.05) is 0 Å². The Balaban J connectivity index is 2.34. The van der Waals surface area contributed by atoms with E-state index in [1.165, 1.54) is 12.3 Å². The molecule has 0 saturated heterocycles. The lowest BCUT2D eigenvalue weighted by Crippen LogP contribution is -2.05. The molecule has 0 aromatic carbocycles. The quantitative estimate of drug-likeness (QED) is 0.873. The van der Waals surface area contributed by atoms with Crippen LogP contribution in [0, 0.1) is 13.8 Å². The molecular formula is C11H10N4O3. The fraction of sp³-hybridized carbons (Fsp3) is 0.182. The van der Waals surface area contributed by atoms with Crippen LogP contribution in [0.25, 0.3) is 0 Å². The number of hydrogen-bond donors (Lipinski definition) is 1. The molecule has 18 heavy (non-hydrogen) atoms. The summed E-state index contributed by atoms with van der Waals surface area (Å²) in [5.41, 5.74) is 1.16. The summed E-state index contributed by atoms with van der Waals surface area (Å²) in [5, 5.41) is 16.5. The first kappa shape index (κ1) is 11.9. The largest absolute Gasteiger partial charge is 0.476 e. The third kappa shape index (κ3) is 2.40. The van der Waals surface area contributed by atoms with Gasteiger partial charge in [0.2, 0.25) is 0 Å². The van der Waals surface area contributed by atoms with E-state index in [1.807, 2.05) is 0 Å². The Morgan fingerprint density at radius 1 is 1.28 bits per heavy atom. The van der Waals surface area contributed by atoms with Gasteiger partial charge < -0.3 is 9.84 Å². The summed E-state index contributed by atoms with van der Waals surface area (Å²) in [6.07, 6.45) is 1.37. The lowest BCUT2D eigenvalue weighted by atomic mass is 10.3. The molecule has 0 radical (unpaired) electrons. The van der Waals surface area contributed by atoms with Crippen LogP contribution >= 0.6 is 0 Å². The molecule has 92 valence electrons. The second-order valence-corrected chi connectivity index (χ2v) is 3.52. The van der Waals surface area contributed by atoms with Gasteiger partial charge in [0, 0.05) is 6.20 Å². The fourth-order valence-corrected chi connectivity index (χ4v) is 1.21. The summed E-state index contributed by atoms with van der Waals surface area (Å²) in [6, 6.07) is 3.04. The number of nitrogens with zero attached hydrogens (tertiary/aromatic N) is 4. The predicted molar refractivity (Wildman–Crippen MR) is 60.6 cm³/mol. The normalized spacial score (nSPS) is 10.1. The molecule has 0 atom stereocenters. The summed E-state index contributed by atoms with van der Waals surface area (Å²) in [5.74, 6) is -1.10. The maximum Gasteiger partial charge on any atom is 0.358 e. The average molecular weight is 246 g/mol. The summed E-state index contributed by atoms with van der Waals surface area (Å²) in [7, 11) is 0. The zero-order chi connectivity index (χ0) is 13.1. The molecule has 2 heterocycles. The van der Waals surface area contributed by atoms with E-state index in [4.69, 9.17) is 9.84 Å². The Hall–Kier alpha value is -2.57. The van der Waals surface area contributed by atoms with E-state index < -0.39 is 5.97 Å². The summed E-state index contributed by atoms with van der Waals surface area (Å²) < 4.78 is 5.28. The molecule has 0 aliphatic carbocycles. The predicted octanol–water partition coefficient (Wildman–Crippen LogP) is 1.37. The van der Waals surface area contributed by atoms with Gasteiger partial charge in [-0.3, -0.25) is 0 Å². The number of carbonyl (C=O) groups is 1. The van der Waals surface area contributed by atoms with E-state index in [1.54, 1.807) is 19.9 Å². The molecule has 2 aromatic heterocycles. The smallest absolute Gasteiger partial charge is 0.358 e. The van der Waals surface area contributed by atoms with Crippen LogP contribution in [-0.4, -0.2) is 31.2 Å². The van der Waals surface area contributed by atoms with Gasteiger partial charge >= 0.3 is 12.0 Å². The maximum atomic E-state index is 10.9. The SMILES string of the molecule is Cc1nnc(Oc2cccnc2C(=O)O)nc1C. The minimum absolute atomic E-state index is 0.00593. The van der Waals surface area contributed by atoms with Crippen molar-refractivity contribution in [1.29, 1.82) is 0 Å².